The summed E-state index contributed by atoms with van der Waals surface area (Å²) in [6.07, 6.45) is -0.804. The van der Waals surface area contributed by atoms with E-state index in [1.54, 1.807) is 36.4 Å². The first-order valence-electron chi connectivity index (χ1n) is 10.5. The molecule has 1 aromatic heterocycles. The summed E-state index contributed by atoms with van der Waals surface area (Å²) in [5.41, 5.74) is 3.71. The van der Waals surface area contributed by atoms with Crippen molar-refractivity contribution in [3.63, 3.8) is 0 Å². The van der Waals surface area contributed by atoms with Gasteiger partial charge in [0.25, 0.3) is 0 Å². The maximum Gasteiger partial charge on any atom is 0.339 e. The highest BCUT2D eigenvalue weighted by Crippen LogP contribution is 2.31. The van der Waals surface area contributed by atoms with E-state index in [9.17, 15) is 4.79 Å². The molecule has 0 aliphatic carbocycles. The van der Waals surface area contributed by atoms with E-state index in [2.05, 4.69) is 0 Å². The number of halogens is 1. The van der Waals surface area contributed by atoms with Crippen molar-refractivity contribution in [1.82, 2.24) is 9.97 Å². The summed E-state index contributed by atoms with van der Waals surface area (Å²) in [7, 11) is 0. The molecular weight excluding hydrogens is 432 g/mol. The summed E-state index contributed by atoms with van der Waals surface area (Å²) in [6.45, 7) is 0. The second kappa shape index (κ2) is 9.23. The molecule has 5 rings (SSSR count). The van der Waals surface area contributed by atoms with Gasteiger partial charge in [0.2, 0.25) is 0 Å². The minimum Gasteiger partial charge on any atom is -0.446 e. The summed E-state index contributed by atoms with van der Waals surface area (Å²) >= 11 is 6.11. The number of carbonyl (C=O) groups is 1. The maximum absolute atomic E-state index is 13.0. The summed E-state index contributed by atoms with van der Waals surface area (Å²) in [6, 6.07) is 33.8. The van der Waals surface area contributed by atoms with E-state index in [1.807, 2.05) is 72.8 Å². The Bertz CT molecular complexity index is 1410. The topological polar surface area (TPSA) is 52.1 Å². The zero-order valence-corrected chi connectivity index (χ0v) is 18.3. The number of nitrogens with zero attached hydrogens (tertiary/aromatic N) is 2. The van der Waals surface area contributed by atoms with Crippen molar-refractivity contribution in [3.8, 4) is 11.3 Å². The highest BCUT2D eigenvalue weighted by atomic mass is 35.5. The Morgan fingerprint density at radius 2 is 1.36 bits per heavy atom. The van der Waals surface area contributed by atoms with Crippen molar-refractivity contribution < 1.29 is 9.53 Å². The molecule has 1 atom stereocenters. The molecule has 0 amide bonds. The second-order valence-corrected chi connectivity index (χ2v) is 7.95. The number of hydrogen-bond acceptors (Lipinski definition) is 4. The summed E-state index contributed by atoms with van der Waals surface area (Å²) < 4.78 is 5.98. The van der Waals surface area contributed by atoms with Gasteiger partial charge in [-0.2, -0.15) is 0 Å². The number of rotatable bonds is 5. The number of aromatic nitrogens is 2. The lowest BCUT2D eigenvalue weighted by atomic mass is 10.0. The number of para-hydroxylation sites is 1. The third-order valence-electron chi connectivity index (χ3n) is 5.31. The van der Waals surface area contributed by atoms with Gasteiger partial charge in [-0.05, 0) is 30.3 Å². The van der Waals surface area contributed by atoms with Crippen molar-refractivity contribution in [1.29, 1.82) is 0 Å². The number of fused-ring (bicyclic) bond motifs is 1. The largest absolute Gasteiger partial charge is 0.446 e. The number of ether oxygens (including phenoxy) is 1. The van der Waals surface area contributed by atoms with Gasteiger partial charge in [0, 0.05) is 21.5 Å². The van der Waals surface area contributed by atoms with Crippen LogP contribution in [0.5, 0.6) is 0 Å². The summed E-state index contributed by atoms with van der Waals surface area (Å²) in [4.78, 5) is 22.7. The van der Waals surface area contributed by atoms with Crippen LogP contribution in [0.1, 0.15) is 27.8 Å². The minimum absolute atomic E-state index is 0.402. The summed E-state index contributed by atoms with van der Waals surface area (Å²) in [5, 5.41) is 1.52. The third kappa shape index (κ3) is 4.47. The van der Waals surface area contributed by atoms with Crippen LogP contribution in [0, 0.1) is 0 Å². The smallest absolute Gasteiger partial charge is 0.339 e. The average molecular weight is 451 g/mol. The van der Waals surface area contributed by atoms with Gasteiger partial charge in [-0.1, -0.05) is 90.5 Å². The molecule has 0 aliphatic heterocycles. The molecule has 4 aromatic carbocycles. The highest BCUT2D eigenvalue weighted by molar-refractivity contribution is 6.30. The van der Waals surface area contributed by atoms with E-state index in [-0.39, 0.29) is 0 Å². The van der Waals surface area contributed by atoms with E-state index in [1.165, 1.54) is 0 Å². The molecule has 33 heavy (non-hydrogen) atoms. The van der Waals surface area contributed by atoms with Crippen molar-refractivity contribution >= 4 is 28.5 Å². The van der Waals surface area contributed by atoms with Gasteiger partial charge in [0.05, 0.1) is 16.8 Å². The van der Waals surface area contributed by atoms with Crippen LogP contribution >= 0.6 is 11.6 Å². The molecule has 1 unspecified atom stereocenters. The zero-order valence-electron chi connectivity index (χ0n) is 17.6. The van der Waals surface area contributed by atoms with Crippen molar-refractivity contribution in [2.24, 2.45) is 0 Å². The normalized spacial score (nSPS) is 11.8. The van der Waals surface area contributed by atoms with Crippen LogP contribution in [0.15, 0.2) is 109 Å². The van der Waals surface area contributed by atoms with E-state index >= 15 is 0 Å². The van der Waals surface area contributed by atoms with Gasteiger partial charge in [-0.15, -0.1) is 0 Å². The van der Waals surface area contributed by atoms with Crippen LogP contribution in [0.4, 0.5) is 0 Å². The first-order valence-corrected chi connectivity index (χ1v) is 10.9. The van der Waals surface area contributed by atoms with Crippen LogP contribution in [0.3, 0.4) is 0 Å². The van der Waals surface area contributed by atoms with Crippen LogP contribution in [-0.4, -0.2) is 15.9 Å². The molecule has 5 aromatic rings. The SMILES string of the molecule is O=C(OC(c1ccc(Cl)cc1)c1nc(-c2ccccc2)c2ccccc2n1)c1ccccc1. The van der Waals surface area contributed by atoms with Gasteiger partial charge >= 0.3 is 5.97 Å². The molecule has 0 aliphatic rings. The monoisotopic (exact) mass is 450 g/mol. The van der Waals surface area contributed by atoms with E-state index < -0.39 is 12.1 Å². The Labute approximate surface area is 196 Å². The van der Waals surface area contributed by atoms with Crippen LogP contribution in [-0.2, 0) is 4.74 Å². The molecule has 4 nitrogen and oxygen atoms in total. The standard InChI is InChI=1S/C28H19ClN2O2/c29-22-17-15-20(16-18-22)26(33-28(32)21-11-5-2-6-12-21)27-30-24-14-8-7-13-23(24)25(31-27)19-9-3-1-4-10-19/h1-18,26H. The predicted molar refractivity (Wildman–Crippen MR) is 130 cm³/mol. The highest BCUT2D eigenvalue weighted by Gasteiger charge is 2.24. The maximum atomic E-state index is 13.0. The molecule has 0 saturated heterocycles. The Morgan fingerprint density at radius 1 is 0.727 bits per heavy atom. The predicted octanol–water partition coefficient (Wildman–Crippen LogP) is 6.90. The molecule has 0 bridgehead atoms. The number of benzene rings is 4. The minimum atomic E-state index is -0.804. The van der Waals surface area contributed by atoms with E-state index in [4.69, 9.17) is 26.3 Å². The number of carbonyl (C=O) groups excluding carboxylic acids is 1. The van der Waals surface area contributed by atoms with E-state index in [0.717, 1.165) is 27.7 Å². The molecule has 5 heteroatoms. The molecule has 0 fully saturated rings. The third-order valence-corrected chi connectivity index (χ3v) is 5.56. The molecular formula is C28H19ClN2O2. The van der Waals surface area contributed by atoms with Crippen LogP contribution in [0.2, 0.25) is 5.02 Å². The van der Waals surface area contributed by atoms with Gasteiger partial charge in [-0.25, -0.2) is 14.8 Å². The molecule has 0 radical (unpaired) electrons. The summed E-state index contributed by atoms with van der Waals surface area (Å²) in [5.74, 6) is -0.0484. The molecule has 0 spiro atoms. The first kappa shape index (κ1) is 20.9. The van der Waals surface area contributed by atoms with Crippen LogP contribution < -0.4 is 0 Å². The molecule has 0 N–H and O–H groups in total. The number of esters is 1. The fourth-order valence-corrected chi connectivity index (χ4v) is 3.81. The lowest BCUT2D eigenvalue weighted by molar-refractivity contribution is 0.0363. The average Bonchev–Trinajstić information content (AvgIpc) is 2.88. The van der Waals surface area contributed by atoms with E-state index in [0.29, 0.717) is 16.4 Å². The van der Waals surface area contributed by atoms with Gasteiger partial charge in [0.15, 0.2) is 11.9 Å². The molecule has 0 saturated carbocycles. The number of hydrogen-bond donors (Lipinski definition) is 0. The fraction of sp³-hybridized carbons (Fsp3) is 0.0357. The zero-order chi connectivity index (χ0) is 22.6. The van der Waals surface area contributed by atoms with Gasteiger partial charge in [0.1, 0.15) is 0 Å². The van der Waals surface area contributed by atoms with Crippen molar-refractivity contribution in [3.05, 3.63) is 131 Å². The Balaban J connectivity index is 1.66. The Hall–Kier alpha value is -4.02. The quantitative estimate of drug-likeness (QED) is 0.273. The lowest BCUT2D eigenvalue weighted by Crippen LogP contribution is -2.16. The van der Waals surface area contributed by atoms with Gasteiger partial charge in [-0.3, -0.25) is 0 Å². The molecule has 1 heterocycles. The Kier molecular flexibility index (Phi) is 5.83. The van der Waals surface area contributed by atoms with Gasteiger partial charge < -0.3 is 4.74 Å². The lowest BCUT2D eigenvalue weighted by Gasteiger charge is -2.19. The Morgan fingerprint density at radius 3 is 2.09 bits per heavy atom. The van der Waals surface area contributed by atoms with Crippen LogP contribution in [0.25, 0.3) is 22.2 Å². The second-order valence-electron chi connectivity index (χ2n) is 7.52. The first-order chi connectivity index (χ1) is 16.2. The van der Waals surface area contributed by atoms with Crippen molar-refractivity contribution in [2.75, 3.05) is 0 Å². The fourth-order valence-electron chi connectivity index (χ4n) is 3.68. The molecule has 160 valence electrons. The van der Waals surface area contributed by atoms with Crippen molar-refractivity contribution in [2.45, 2.75) is 6.10 Å².